The fraction of sp³-hybridized carbons (Fsp3) is 0.692. The highest BCUT2D eigenvalue weighted by molar-refractivity contribution is 14.1. The molecule has 18 heavy (non-hydrogen) atoms. The molecule has 102 valence electrons. The fourth-order valence-corrected chi connectivity index (χ4v) is 2.62. The first-order valence-electron chi connectivity index (χ1n) is 6.32. The molecule has 1 unspecified atom stereocenters. The first kappa shape index (κ1) is 15.6. The topological polar surface area (TPSA) is 61.0 Å². The second kappa shape index (κ2) is 6.65. The molecule has 0 radical (unpaired) electrons. The molecule has 1 atom stereocenters. The van der Waals surface area contributed by atoms with Gasteiger partial charge >= 0.3 is 0 Å². The Balaban J connectivity index is 3.23. The molecule has 0 bridgehead atoms. The zero-order valence-corrected chi connectivity index (χ0v) is 13.9. The minimum atomic E-state index is -0.0909. The average Bonchev–Trinajstić information content (AvgIpc) is 2.28. The van der Waals surface area contributed by atoms with Gasteiger partial charge in [0.1, 0.15) is 11.9 Å². The van der Waals surface area contributed by atoms with E-state index < -0.39 is 0 Å². The van der Waals surface area contributed by atoms with Crippen LogP contribution in [0.1, 0.15) is 58.2 Å². The van der Waals surface area contributed by atoms with Gasteiger partial charge < -0.3 is 10.5 Å². The van der Waals surface area contributed by atoms with Gasteiger partial charge in [-0.1, -0.05) is 27.7 Å². The van der Waals surface area contributed by atoms with Crippen molar-refractivity contribution in [3.63, 3.8) is 0 Å². The van der Waals surface area contributed by atoms with Gasteiger partial charge in [0.25, 0.3) is 0 Å². The molecule has 0 saturated carbocycles. The summed E-state index contributed by atoms with van der Waals surface area (Å²) in [6, 6.07) is 0. The molecular formula is C13H22IN3O. The van der Waals surface area contributed by atoms with E-state index in [1.807, 2.05) is 6.92 Å². The summed E-state index contributed by atoms with van der Waals surface area (Å²) in [5, 5.41) is 0. The Morgan fingerprint density at radius 1 is 1.22 bits per heavy atom. The molecule has 5 heteroatoms. The monoisotopic (exact) mass is 363 g/mol. The van der Waals surface area contributed by atoms with E-state index in [1.165, 1.54) is 0 Å². The van der Waals surface area contributed by atoms with Crippen LogP contribution >= 0.6 is 22.6 Å². The number of ether oxygens (including phenoxy) is 1. The van der Waals surface area contributed by atoms with Crippen LogP contribution in [0.3, 0.4) is 0 Å². The molecule has 0 spiro atoms. The Morgan fingerprint density at radius 2 is 1.83 bits per heavy atom. The van der Waals surface area contributed by atoms with Gasteiger partial charge in [0.2, 0.25) is 0 Å². The van der Waals surface area contributed by atoms with Crippen molar-refractivity contribution in [3.05, 3.63) is 15.1 Å². The lowest BCUT2D eigenvalue weighted by molar-refractivity contribution is 0.0231. The van der Waals surface area contributed by atoms with Crippen molar-refractivity contribution in [1.29, 1.82) is 0 Å². The zero-order valence-electron chi connectivity index (χ0n) is 11.7. The molecule has 0 aromatic carbocycles. The lowest BCUT2D eigenvalue weighted by Crippen LogP contribution is -2.18. The van der Waals surface area contributed by atoms with Crippen LogP contribution in [0.5, 0.6) is 0 Å². The van der Waals surface area contributed by atoms with Crippen LogP contribution in [0.2, 0.25) is 0 Å². The van der Waals surface area contributed by atoms with Crippen LogP contribution in [-0.4, -0.2) is 16.6 Å². The summed E-state index contributed by atoms with van der Waals surface area (Å²) in [7, 11) is 0. The number of hydrogen-bond acceptors (Lipinski definition) is 4. The van der Waals surface area contributed by atoms with E-state index in [2.05, 4.69) is 60.3 Å². The van der Waals surface area contributed by atoms with Crippen LogP contribution in [0.15, 0.2) is 0 Å². The average molecular weight is 363 g/mol. The van der Waals surface area contributed by atoms with Crippen LogP contribution in [0.4, 0.5) is 5.82 Å². The van der Waals surface area contributed by atoms with Gasteiger partial charge in [-0.25, -0.2) is 9.97 Å². The van der Waals surface area contributed by atoms with Crippen molar-refractivity contribution in [3.8, 4) is 0 Å². The number of nitrogens with zero attached hydrogens (tertiary/aromatic N) is 2. The third-order valence-corrected chi connectivity index (χ3v) is 3.78. The third kappa shape index (κ3) is 3.54. The first-order valence-corrected chi connectivity index (χ1v) is 7.40. The maximum Gasteiger partial charge on any atom is 0.160 e. The number of nitrogens with two attached hydrogens (primary N) is 1. The third-order valence-electron chi connectivity index (χ3n) is 2.67. The zero-order chi connectivity index (χ0) is 13.9. The second-order valence-corrected chi connectivity index (χ2v) is 6.02. The number of rotatable bonds is 5. The van der Waals surface area contributed by atoms with Crippen LogP contribution in [-0.2, 0) is 4.74 Å². The van der Waals surface area contributed by atoms with Gasteiger partial charge in [0.15, 0.2) is 5.82 Å². The minimum Gasteiger partial charge on any atom is -0.383 e. The van der Waals surface area contributed by atoms with Gasteiger partial charge in [-0.2, -0.15) is 0 Å². The molecule has 0 fully saturated rings. The minimum absolute atomic E-state index is 0.0909. The highest BCUT2D eigenvalue weighted by atomic mass is 127. The quantitative estimate of drug-likeness (QED) is 0.814. The second-order valence-electron chi connectivity index (χ2n) is 4.94. The van der Waals surface area contributed by atoms with Gasteiger partial charge in [-0.15, -0.1) is 0 Å². The summed E-state index contributed by atoms with van der Waals surface area (Å²) in [5.41, 5.74) is 6.98. The summed E-state index contributed by atoms with van der Waals surface area (Å²) < 4.78 is 6.69. The Hall–Kier alpha value is -0.430. The van der Waals surface area contributed by atoms with Crippen LogP contribution in [0.25, 0.3) is 0 Å². The molecule has 0 aliphatic carbocycles. The van der Waals surface area contributed by atoms with Crippen molar-refractivity contribution < 1.29 is 4.74 Å². The Kier molecular flexibility index (Phi) is 5.78. The van der Waals surface area contributed by atoms with Crippen molar-refractivity contribution in [2.75, 3.05) is 12.3 Å². The van der Waals surface area contributed by atoms with Gasteiger partial charge in [0, 0.05) is 6.61 Å². The lowest BCUT2D eigenvalue weighted by atomic mass is 10.1. The molecule has 0 aliphatic heterocycles. The number of nitrogen functional groups attached to an aromatic ring is 1. The molecule has 1 heterocycles. The maximum atomic E-state index is 5.98. The van der Waals surface area contributed by atoms with Crippen LogP contribution in [0, 0.1) is 9.49 Å². The molecule has 0 aliphatic rings. The molecule has 1 aromatic heterocycles. The van der Waals surface area contributed by atoms with E-state index in [4.69, 9.17) is 10.5 Å². The van der Waals surface area contributed by atoms with E-state index in [9.17, 15) is 0 Å². The summed E-state index contributed by atoms with van der Waals surface area (Å²) in [6.45, 7) is 11.1. The predicted molar refractivity (Wildman–Crippen MR) is 82.5 cm³/mol. The van der Waals surface area contributed by atoms with Crippen molar-refractivity contribution >= 4 is 28.4 Å². The molecule has 0 amide bonds. The van der Waals surface area contributed by atoms with Crippen molar-refractivity contribution in [1.82, 2.24) is 9.97 Å². The van der Waals surface area contributed by atoms with E-state index in [0.29, 0.717) is 30.1 Å². The maximum absolute atomic E-state index is 5.98. The molecule has 0 saturated heterocycles. The van der Waals surface area contributed by atoms with E-state index in [1.54, 1.807) is 0 Å². The smallest absolute Gasteiger partial charge is 0.160 e. The summed E-state index contributed by atoms with van der Waals surface area (Å²) in [6.07, 6.45) is -0.0909. The molecule has 1 aromatic rings. The highest BCUT2D eigenvalue weighted by Gasteiger charge is 2.22. The molecular weight excluding hydrogens is 341 g/mol. The van der Waals surface area contributed by atoms with Crippen LogP contribution < -0.4 is 5.73 Å². The Labute approximate surface area is 123 Å². The number of aromatic nitrogens is 2. The van der Waals surface area contributed by atoms with E-state index in [0.717, 1.165) is 9.26 Å². The largest absolute Gasteiger partial charge is 0.383 e. The van der Waals surface area contributed by atoms with E-state index >= 15 is 0 Å². The standard InChI is InChI=1S/C13H22IN3O/c1-6-18-11(8(4)5)13-16-10(7(2)3)9(14)12(15)17-13/h7-8,11H,6H2,1-5H3,(H2,15,16,17). The Morgan fingerprint density at radius 3 is 2.28 bits per heavy atom. The van der Waals surface area contributed by atoms with E-state index in [-0.39, 0.29) is 6.10 Å². The van der Waals surface area contributed by atoms with Crippen molar-refractivity contribution in [2.45, 2.75) is 46.6 Å². The highest BCUT2D eigenvalue weighted by Crippen LogP contribution is 2.28. The molecule has 1 rings (SSSR count). The Bertz CT molecular complexity index is 407. The normalized spacial score (nSPS) is 13.3. The van der Waals surface area contributed by atoms with Gasteiger partial charge in [-0.3, -0.25) is 0 Å². The summed E-state index contributed by atoms with van der Waals surface area (Å²) in [5.74, 6) is 1.91. The fourth-order valence-electron chi connectivity index (χ4n) is 1.76. The number of halogens is 1. The predicted octanol–water partition coefficient (Wildman–Crippen LogP) is 3.52. The molecule has 4 nitrogen and oxygen atoms in total. The van der Waals surface area contributed by atoms with Crippen molar-refractivity contribution in [2.24, 2.45) is 5.92 Å². The SMILES string of the molecule is CCOC(c1nc(N)c(I)c(C(C)C)n1)C(C)C. The molecule has 2 N–H and O–H groups in total. The van der Waals surface area contributed by atoms with Gasteiger partial charge in [0.05, 0.1) is 9.26 Å². The number of anilines is 1. The summed E-state index contributed by atoms with van der Waals surface area (Å²) in [4.78, 5) is 9.04. The van der Waals surface area contributed by atoms with Gasteiger partial charge in [-0.05, 0) is 41.4 Å². The summed E-state index contributed by atoms with van der Waals surface area (Å²) >= 11 is 2.21. The first-order chi connectivity index (χ1) is 8.38. The lowest BCUT2D eigenvalue weighted by Gasteiger charge is -2.21. The number of hydrogen-bond donors (Lipinski definition) is 1.